The molecule has 0 aliphatic heterocycles. The monoisotopic (exact) mass is 377 g/mol. The molecule has 0 saturated heterocycles. The number of amides is 2. The maximum atomic E-state index is 12.0. The Hall–Kier alpha value is -3.07. The number of rotatable bonds is 13. The quantitative estimate of drug-likeness (QED) is 0.191. The van der Waals surface area contributed by atoms with Crippen molar-refractivity contribution in [1.29, 1.82) is 0 Å². The number of aliphatic carboxylic acids is 1. The maximum Gasteiger partial charge on any atom is 0.326 e. The van der Waals surface area contributed by atoms with E-state index in [1.54, 1.807) is 24.3 Å². The lowest BCUT2D eigenvalue weighted by molar-refractivity contribution is -0.140. The zero-order valence-electron chi connectivity index (χ0n) is 15.4. The molecule has 9 nitrogen and oxygen atoms in total. The largest absolute Gasteiger partial charge is 0.480 e. The van der Waals surface area contributed by atoms with E-state index in [-0.39, 0.29) is 12.3 Å². The van der Waals surface area contributed by atoms with Crippen molar-refractivity contribution in [3.05, 3.63) is 42.2 Å². The van der Waals surface area contributed by atoms with E-state index in [4.69, 9.17) is 10.9 Å². The number of carbonyl (C=O) groups is 3. The summed E-state index contributed by atoms with van der Waals surface area (Å²) >= 11 is 0. The number of benzene rings is 1. The van der Waals surface area contributed by atoms with Crippen molar-refractivity contribution < 1.29 is 19.5 Å². The van der Waals surface area contributed by atoms with Crippen molar-refractivity contribution in [3.8, 4) is 0 Å². The molecule has 0 heterocycles. The minimum absolute atomic E-state index is 0.142. The molecule has 1 aromatic rings. The van der Waals surface area contributed by atoms with Crippen molar-refractivity contribution >= 4 is 24.0 Å². The minimum Gasteiger partial charge on any atom is -0.480 e. The third-order valence-electron chi connectivity index (χ3n) is 3.78. The van der Waals surface area contributed by atoms with Gasteiger partial charge >= 0.3 is 5.97 Å². The van der Waals surface area contributed by atoms with E-state index in [1.165, 1.54) is 5.01 Å². The lowest BCUT2D eigenvalue weighted by atomic mass is 10.1. The Morgan fingerprint density at radius 1 is 1.33 bits per heavy atom. The van der Waals surface area contributed by atoms with Crippen LogP contribution in [0.2, 0.25) is 0 Å². The Morgan fingerprint density at radius 3 is 2.56 bits per heavy atom. The van der Waals surface area contributed by atoms with Crippen LogP contribution in [0.3, 0.4) is 0 Å². The van der Waals surface area contributed by atoms with Gasteiger partial charge in [0.15, 0.2) is 0 Å². The van der Waals surface area contributed by atoms with Crippen molar-refractivity contribution in [1.82, 2.24) is 15.6 Å². The maximum absolute atomic E-state index is 12.0. The Labute approximate surface area is 158 Å². The van der Waals surface area contributed by atoms with Gasteiger partial charge in [0.2, 0.25) is 12.3 Å². The summed E-state index contributed by atoms with van der Waals surface area (Å²) in [4.78, 5) is 33.5. The van der Waals surface area contributed by atoms with Gasteiger partial charge in [0, 0.05) is 31.6 Å². The number of carboxylic acids is 1. The zero-order valence-corrected chi connectivity index (χ0v) is 15.4. The summed E-state index contributed by atoms with van der Waals surface area (Å²) in [5.74, 6) is 5.17. The van der Waals surface area contributed by atoms with Gasteiger partial charge in [-0.3, -0.25) is 14.6 Å². The molecule has 6 N–H and O–H groups in total. The molecule has 1 rings (SSSR count). The van der Waals surface area contributed by atoms with Crippen LogP contribution in [-0.4, -0.2) is 47.5 Å². The summed E-state index contributed by atoms with van der Waals surface area (Å²) in [6, 6.07) is 5.81. The molecular formula is C18H27N5O4. The standard InChI is InChI=1S/C18H27N5O4/c1-3-20-13(2)23(19)10-4-5-17(25)22-15-8-6-14(7-9-15)11-16(18(26)27)21-12-24/h6-9,12,16,20H,2-5,10-11,19H2,1H3,(H,21,24)(H,22,25)(H,26,27). The van der Waals surface area contributed by atoms with Crippen LogP contribution in [0.5, 0.6) is 0 Å². The van der Waals surface area contributed by atoms with E-state index < -0.39 is 12.0 Å². The number of carbonyl (C=O) groups excluding carboxylic acids is 2. The number of nitrogens with zero attached hydrogens (tertiary/aromatic N) is 1. The van der Waals surface area contributed by atoms with Crippen molar-refractivity contribution in [2.24, 2.45) is 5.84 Å². The first kappa shape index (κ1) is 22.0. The van der Waals surface area contributed by atoms with Crippen molar-refractivity contribution in [3.63, 3.8) is 0 Å². The Morgan fingerprint density at radius 2 is 2.00 bits per heavy atom. The Bertz CT molecular complexity index is 648. The summed E-state index contributed by atoms with van der Waals surface area (Å²) in [6.45, 7) is 6.95. The summed E-state index contributed by atoms with van der Waals surface area (Å²) in [5.41, 5.74) is 1.34. The van der Waals surface area contributed by atoms with E-state index in [0.29, 0.717) is 37.3 Å². The first-order valence-electron chi connectivity index (χ1n) is 8.63. The molecule has 0 aliphatic rings. The average Bonchev–Trinajstić information content (AvgIpc) is 2.62. The lowest BCUT2D eigenvalue weighted by Crippen LogP contribution is -2.37. The van der Waals surface area contributed by atoms with E-state index in [1.807, 2.05) is 6.92 Å². The fraction of sp³-hybridized carbons (Fsp3) is 0.389. The second kappa shape index (κ2) is 11.5. The lowest BCUT2D eigenvalue weighted by Gasteiger charge is -2.21. The van der Waals surface area contributed by atoms with Crippen LogP contribution in [0.25, 0.3) is 0 Å². The van der Waals surface area contributed by atoms with Crippen molar-refractivity contribution in [2.75, 3.05) is 18.4 Å². The minimum atomic E-state index is -1.11. The van der Waals surface area contributed by atoms with Gasteiger partial charge in [0.1, 0.15) is 11.9 Å². The smallest absolute Gasteiger partial charge is 0.326 e. The van der Waals surface area contributed by atoms with Gasteiger partial charge in [-0.2, -0.15) is 0 Å². The molecule has 0 bridgehead atoms. The van der Waals surface area contributed by atoms with Crippen LogP contribution >= 0.6 is 0 Å². The van der Waals surface area contributed by atoms with Crippen LogP contribution in [0.4, 0.5) is 5.69 Å². The predicted molar refractivity (Wildman–Crippen MR) is 102 cm³/mol. The number of hydrogen-bond acceptors (Lipinski definition) is 6. The van der Waals surface area contributed by atoms with Crippen molar-refractivity contribution in [2.45, 2.75) is 32.2 Å². The Kier molecular flexibility index (Phi) is 9.38. The number of hydrogen-bond donors (Lipinski definition) is 5. The fourth-order valence-electron chi connectivity index (χ4n) is 2.33. The molecule has 0 fully saturated rings. The molecule has 0 radical (unpaired) electrons. The van der Waals surface area contributed by atoms with Gasteiger partial charge in [0.05, 0.1) is 0 Å². The first-order chi connectivity index (χ1) is 12.9. The number of anilines is 1. The number of hydrazine groups is 1. The highest BCUT2D eigenvalue weighted by molar-refractivity contribution is 5.90. The normalized spacial score (nSPS) is 11.2. The summed E-state index contributed by atoms with van der Waals surface area (Å²) < 4.78 is 0. The summed E-state index contributed by atoms with van der Waals surface area (Å²) in [7, 11) is 0. The zero-order chi connectivity index (χ0) is 20.2. The van der Waals surface area contributed by atoms with E-state index in [2.05, 4.69) is 22.5 Å². The highest BCUT2D eigenvalue weighted by Crippen LogP contribution is 2.12. The molecule has 0 aliphatic carbocycles. The van der Waals surface area contributed by atoms with Crippen LogP contribution in [0.15, 0.2) is 36.7 Å². The molecule has 0 aromatic heterocycles. The topological polar surface area (TPSA) is 137 Å². The first-order valence-corrected chi connectivity index (χ1v) is 8.63. The van der Waals surface area contributed by atoms with Gasteiger partial charge in [-0.1, -0.05) is 18.7 Å². The average molecular weight is 377 g/mol. The number of carboxylic acid groups (broad SMARTS) is 1. The molecule has 1 aromatic carbocycles. The molecular weight excluding hydrogens is 350 g/mol. The van der Waals surface area contributed by atoms with Crippen LogP contribution in [-0.2, 0) is 20.8 Å². The molecule has 148 valence electrons. The third-order valence-corrected chi connectivity index (χ3v) is 3.78. The fourth-order valence-corrected chi connectivity index (χ4v) is 2.33. The van der Waals surface area contributed by atoms with E-state index in [0.717, 1.165) is 12.1 Å². The van der Waals surface area contributed by atoms with Crippen LogP contribution in [0, 0.1) is 0 Å². The molecule has 0 saturated carbocycles. The molecule has 1 atom stereocenters. The highest BCUT2D eigenvalue weighted by Gasteiger charge is 2.16. The predicted octanol–water partition coefficient (Wildman–Crippen LogP) is 0.403. The molecule has 2 amide bonds. The summed E-state index contributed by atoms with van der Waals surface area (Å²) in [5, 5.41) is 18.5. The second-order valence-electron chi connectivity index (χ2n) is 5.90. The Balaban J connectivity index is 2.43. The number of nitrogens with one attached hydrogen (secondary N) is 3. The van der Waals surface area contributed by atoms with Crippen LogP contribution < -0.4 is 21.8 Å². The molecule has 1 unspecified atom stereocenters. The highest BCUT2D eigenvalue weighted by atomic mass is 16.4. The van der Waals surface area contributed by atoms with Gasteiger partial charge < -0.3 is 21.1 Å². The van der Waals surface area contributed by atoms with E-state index in [9.17, 15) is 14.4 Å². The third kappa shape index (κ3) is 8.23. The van der Waals surface area contributed by atoms with Crippen LogP contribution in [0.1, 0.15) is 25.3 Å². The van der Waals surface area contributed by atoms with Gasteiger partial charge in [-0.15, -0.1) is 0 Å². The van der Waals surface area contributed by atoms with Gasteiger partial charge in [-0.25, -0.2) is 10.6 Å². The van der Waals surface area contributed by atoms with Gasteiger partial charge in [0.25, 0.3) is 0 Å². The number of nitrogens with two attached hydrogens (primary N) is 1. The molecule has 27 heavy (non-hydrogen) atoms. The van der Waals surface area contributed by atoms with Gasteiger partial charge in [-0.05, 0) is 31.0 Å². The summed E-state index contributed by atoms with van der Waals surface area (Å²) in [6.07, 6.45) is 1.40. The SMILES string of the molecule is C=C(NCC)N(N)CCCC(=O)Nc1ccc(CC(NC=O)C(=O)O)cc1. The molecule has 9 heteroatoms. The second-order valence-corrected chi connectivity index (χ2v) is 5.90. The molecule has 0 spiro atoms. The van der Waals surface area contributed by atoms with E-state index >= 15 is 0 Å².